The summed E-state index contributed by atoms with van der Waals surface area (Å²) in [6.45, 7) is 1.84. The van der Waals surface area contributed by atoms with Crippen molar-refractivity contribution in [1.82, 2.24) is 0 Å². The molecule has 17 heavy (non-hydrogen) atoms. The number of hydrogen-bond donors (Lipinski definition) is 1. The van der Waals surface area contributed by atoms with Gasteiger partial charge in [-0.15, -0.1) is 11.8 Å². The van der Waals surface area contributed by atoms with E-state index >= 15 is 0 Å². The molecule has 0 saturated heterocycles. The van der Waals surface area contributed by atoms with Crippen molar-refractivity contribution in [3.05, 3.63) is 46.4 Å². The predicted octanol–water partition coefficient (Wildman–Crippen LogP) is 4.02. The first-order chi connectivity index (χ1) is 8.20. The summed E-state index contributed by atoms with van der Waals surface area (Å²) in [5.41, 5.74) is 7.23. The van der Waals surface area contributed by atoms with E-state index in [1.54, 1.807) is 0 Å². The fourth-order valence-electron chi connectivity index (χ4n) is 1.80. The monoisotopic (exact) mass is 287 g/mol. The molecule has 2 aromatic carbocycles. The average Bonchev–Trinajstić information content (AvgIpc) is 2.35. The molecule has 1 atom stereocenters. The molecule has 0 bridgehead atoms. The van der Waals surface area contributed by atoms with Crippen LogP contribution in [0.4, 0.5) is 0 Å². The molecule has 0 aromatic heterocycles. The molecule has 2 heteroatoms. The van der Waals surface area contributed by atoms with Crippen LogP contribution in [-0.4, -0.2) is 0 Å². The van der Waals surface area contributed by atoms with E-state index in [2.05, 4.69) is 58.1 Å². The number of halogens is 1. The first kappa shape index (κ1) is 12.2. The Kier molecular flexibility index (Phi) is 3.83. The molecule has 1 nitrogen and oxygen atoms in total. The summed E-state index contributed by atoms with van der Waals surface area (Å²) in [5, 5.41) is 2.43. The van der Waals surface area contributed by atoms with Crippen LogP contribution in [0, 0.1) is 11.8 Å². The Hall–Kier alpha value is -1.30. The molecule has 1 unspecified atom stereocenters. The second-order valence-electron chi connectivity index (χ2n) is 3.99. The zero-order chi connectivity index (χ0) is 12.3. The number of nitrogens with two attached hydrogens (primary N) is 1. The Labute approximate surface area is 110 Å². The fraction of sp³-hybridized carbons (Fsp3) is 0.200. The zero-order valence-corrected chi connectivity index (χ0v) is 11.3. The third-order valence-corrected chi connectivity index (χ3v) is 3.25. The van der Waals surface area contributed by atoms with Crippen molar-refractivity contribution in [1.29, 1.82) is 0 Å². The molecule has 0 aliphatic heterocycles. The molecule has 0 fully saturated rings. The standard InChI is InChI=1S/C15H14BrN/c1-2-3-4-15(17)13-6-5-12-10-14(16)8-7-11(12)9-13/h5-10,15H,4,17H2,1H3. The maximum absolute atomic E-state index is 6.09. The minimum absolute atomic E-state index is 0.00417. The van der Waals surface area contributed by atoms with Crippen LogP contribution in [0.15, 0.2) is 40.9 Å². The van der Waals surface area contributed by atoms with E-state index in [1.165, 1.54) is 10.8 Å². The number of benzene rings is 2. The molecule has 0 spiro atoms. The SMILES string of the molecule is CC#CCC(N)c1ccc2cc(Br)ccc2c1. The lowest BCUT2D eigenvalue weighted by Gasteiger charge is -2.09. The lowest BCUT2D eigenvalue weighted by atomic mass is 10.0. The second-order valence-corrected chi connectivity index (χ2v) is 4.90. The van der Waals surface area contributed by atoms with Crippen LogP contribution >= 0.6 is 15.9 Å². The predicted molar refractivity (Wildman–Crippen MR) is 76.6 cm³/mol. The van der Waals surface area contributed by atoms with Crippen LogP contribution in [0.2, 0.25) is 0 Å². The minimum Gasteiger partial charge on any atom is -0.323 e. The molecule has 0 heterocycles. The van der Waals surface area contributed by atoms with Gasteiger partial charge in [0, 0.05) is 16.9 Å². The van der Waals surface area contributed by atoms with Gasteiger partial charge in [0.1, 0.15) is 0 Å². The third-order valence-electron chi connectivity index (χ3n) is 2.75. The first-order valence-corrected chi connectivity index (χ1v) is 6.34. The topological polar surface area (TPSA) is 26.0 Å². The Bertz CT molecular complexity index is 593. The summed E-state index contributed by atoms with van der Waals surface area (Å²) in [4.78, 5) is 0. The average molecular weight is 288 g/mol. The van der Waals surface area contributed by atoms with Crippen molar-refractivity contribution in [3.63, 3.8) is 0 Å². The molecule has 86 valence electrons. The Morgan fingerprint density at radius 1 is 1.18 bits per heavy atom. The zero-order valence-electron chi connectivity index (χ0n) is 9.70. The van der Waals surface area contributed by atoms with E-state index in [-0.39, 0.29) is 6.04 Å². The maximum Gasteiger partial charge on any atom is 0.0406 e. The van der Waals surface area contributed by atoms with Gasteiger partial charge in [-0.25, -0.2) is 0 Å². The fourth-order valence-corrected chi connectivity index (χ4v) is 2.17. The molecule has 2 rings (SSSR count). The number of rotatable bonds is 2. The minimum atomic E-state index is -0.00417. The molecular weight excluding hydrogens is 274 g/mol. The Morgan fingerprint density at radius 3 is 2.65 bits per heavy atom. The number of fused-ring (bicyclic) bond motifs is 1. The van der Waals surface area contributed by atoms with Gasteiger partial charge in [-0.2, -0.15) is 0 Å². The highest BCUT2D eigenvalue weighted by Gasteiger charge is 2.05. The van der Waals surface area contributed by atoms with E-state index in [9.17, 15) is 0 Å². The molecular formula is C15H14BrN. The lowest BCUT2D eigenvalue weighted by molar-refractivity contribution is 0.755. The van der Waals surface area contributed by atoms with Gasteiger partial charge in [0.25, 0.3) is 0 Å². The highest BCUT2D eigenvalue weighted by atomic mass is 79.9. The van der Waals surface area contributed by atoms with Crippen LogP contribution in [0.1, 0.15) is 24.9 Å². The summed E-state index contributed by atoms with van der Waals surface area (Å²) in [6.07, 6.45) is 0.707. The van der Waals surface area contributed by atoms with Gasteiger partial charge < -0.3 is 5.73 Å². The van der Waals surface area contributed by atoms with E-state index in [0.717, 1.165) is 10.0 Å². The van der Waals surface area contributed by atoms with Gasteiger partial charge in [-0.05, 0) is 41.5 Å². The van der Waals surface area contributed by atoms with Crippen LogP contribution in [0.3, 0.4) is 0 Å². The van der Waals surface area contributed by atoms with Crippen molar-refractivity contribution < 1.29 is 0 Å². The van der Waals surface area contributed by atoms with Crippen molar-refractivity contribution >= 4 is 26.7 Å². The Morgan fingerprint density at radius 2 is 1.88 bits per heavy atom. The quantitative estimate of drug-likeness (QED) is 0.830. The van der Waals surface area contributed by atoms with Crippen LogP contribution < -0.4 is 5.73 Å². The Balaban J connectivity index is 2.36. The molecule has 2 aromatic rings. The van der Waals surface area contributed by atoms with Gasteiger partial charge in [0.2, 0.25) is 0 Å². The summed E-state index contributed by atoms with van der Waals surface area (Å²) in [5.74, 6) is 5.90. The van der Waals surface area contributed by atoms with Crippen molar-refractivity contribution in [3.8, 4) is 11.8 Å². The summed E-state index contributed by atoms with van der Waals surface area (Å²) in [6, 6.07) is 12.6. The smallest absolute Gasteiger partial charge is 0.0406 e. The van der Waals surface area contributed by atoms with Crippen LogP contribution in [0.25, 0.3) is 10.8 Å². The molecule has 0 radical (unpaired) electrons. The summed E-state index contributed by atoms with van der Waals surface area (Å²) < 4.78 is 1.10. The van der Waals surface area contributed by atoms with E-state index in [4.69, 9.17) is 5.73 Å². The van der Waals surface area contributed by atoms with E-state index in [0.29, 0.717) is 6.42 Å². The highest BCUT2D eigenvalue weighted by molar-refractivity contribution is 9.10. The molecule has 0 aliphatic carbocycles. The highest BCUT2D eigenvalue weighted by Crippen LogP contribution is 2.23. The lowest BCUT2D eigenvalue weighted by Crippen LogP contribution is -2.08. The summed E-state index contributed by atoms with van der Waals surface area (Å²) in [7, 11) is 0. The van der Waals surface area contributed by atoms with Gasteiger partial charge in [-0.3, -0.25) is 0 Å². The largest absolute Gasteiger partial charge is 0.323 e. The van der Waals surface area contributed by atoms with Gasteiger partial charge >= 0.3 is 0 Å². The summed E-state index contributed by atoms with van der Waals surface area (Å²) >= 11 is 3.47. The molecule has 0 aliphatic rings. The van der Waals surface area contributed by atoms with Crippen LogP contribution in [-0.2, 0) is 0 Å². The van der Waals surface area contributed by atoms with Gasteiger partial charge in [-0.1, -0.05) is 34.1 Å². The number of hydrogen-bond acceptors (Lipinski definition) is 1. The van der Waals surface area contributed by atoms with E-state index < -0.39 is 0 Å². The van der Waals surface area contributed by atoms with Crippen molar-refractivity contribution in [2.24, 2.45) is 5.73 Å². The normalized spacial score (nSPS) is 11.9. The van der Waals surface area contributed by atoms with Crippen molar-refractivity contribution in [2.45, 2.75) is 19.4 Å². The molecule has 0 saturated carbocycles. The second kappa shape index (κ2) is 5.35. The van der Waals surface area contributed by atoms with Gasteiger partial charge in [0.15, 0.2) is 0 Å². The van der Waals surface area contributed by atoms with E-state index in [1.807, 2.05) is 13.0 Å². The van der Waals surface area contributed by atoms with Gasteiger partial charge in [0.05, 0.1) is 0 Å². The van der Waals surface area contributed by atoms with Crippen LogP contribution in [0.5, 0.6) is 0 Å². The molecule has 0 amide bonds. The van der Waals surface area contributed by atoms with Crippen molar-refractivity contribution in [2.75, 3.05) is 0 Å². The molecule has 2 N–H and O–H groups in total. The maximum atomic E-state index is 6.09. The third kappa shape index (κ3) is 2.88. The first-order valence-electron chi connectivity index (χ1n) is 5.55.